The number of hydrogen-bond donors (Lipinski definition) is 0. The van der Waals surface area contributed by atoms with E-state index in [9.17, 15) is 9.90 Å². The van der Waals surface area contributed by atoms with Crippen molar-refractivity contribution in [2.24, 2.45) is 0 Å². The van der Waals surface area contributed by atoms with Crippen LogP contribution < -0.4 is 5.11 Å². The summed E-state index contributed by atoms with van der Waals surface area (Å²) < 4.78 is 1.08. The largest absolute Gasteiger partial charge is 0.549 e. The Kier molecular flexibility index (Phi) is 4.73. The minimum Gasteiger partial charge on any atom is -0.549 e. The molecule has 1 heterocycles. The Balaban J connectivity index is 1.77. The van der Waals surface area contributed by atoms with Gasteiger partial charge in [-0.3, -0.25) is 0 Å². The number of hydrogen-bond acceptors (Lipinski definition) is 5. The summed E-state index contributed by atoms with van der Waals surface area (Å²) >= 11 is 2.81. The van der Waals surface area contributed by atoms with Crippen LogP contribution in [0.3, 0.4) is 0 Å². The van der Waals surface area contributed by atoms with Crippen molar-refractivity contribution in [3.05, 3.63) is 77.3 Å². The monoisotopic (exact) mass is 376 g/mol. The number of thioether (sulfide) groups is 1. The third kappa shape index (κ3) is 3.64. The van der Waals surface area contributed by atoms with Crippen LogP contribution in [0.25, 0.3) is 32.0 Å². The molecule has 0 bridgehead atoms. The topological polar surface area (TPSA) is 53.0 Å². The summed E-state index contributed by atoms with van der Waals surface area (Å²) in [6, 6.07) is 22.3. The van der Waals surface area contributed by atoms with Crippen LogP contribution in [-0.2, 0) is 4.79 Å². The molecule has 1 aromatic heterocycles. The van der Waals surface area contributed by atoms with Crippen LogP contribution in [0.4, 0.5) is 0 Å². The molecular weight excluding hydrogens is 362 g/mol. The Morgan fingerprint density at radius 3 is 2.62 bits per heavy atom. The molecule has 0 atom stereocenters. The molecule has 0 unspecified atom stereocenters. The molecule has 0 aliphatic heterocycles. The first-order valence-corrected chi connectivity index (χ1v) is 9.88. The van der Waals surface area contributed by atoms with Gasteiger partial charge in [-0.05, 0) is 40.6 Å². The number of carbonyl (C=O) groups is 1. The van der Waals surface area contributed by atoms with E-state index in [1.807, 2.05) is 48.5 Å². The average Bonchev–Trinajstić information content (AvgIpc) is 3.09. The molecule has 0 aliphatic rings. The Morgan fingerprint density at radius 2 is 1.81 bits per heavy atom. The van der Waals surface area contributed by atoms with Crippen LogP contribution in [0.5, 0.6) is 0 Å². The highest BCUT2D eigenvalue weighted by Gasteiger charge is 2.10. The number of para-hydroxylation sites is 1. The number of thiazole rings is 1. The van der Waals surface area contributed by atoms with Crippen LogP contribution in [0, 0.1) is 0 Å². The van der Waals surface area contributed by atoms with Gasteiger partial charge in [0.1, 0.15) is 5.01 Å². The molecular formula is C21H14NO2S2-. The fourth-order valence-electron chi connectivity index (χ4n) is 2.73. The van der Waals surface area contributed by atoms with Crippen molar-refractivity contribution in [2.45, 2.75) is 0 Å². The number of aromatic nitrogens is 1. The smallest absolute Gasteiger partial charge is 0.131 e. The predicted octanol–water partition coefficient (Wildman–Crippen LogP) is 4.43. The first-order valence-electron chi connectivity index (χ1n) is 8.08. The Labute approximate surface area is 159 Å². The molecule has 128 valence electrons. The summed E-state index contributed by atoms with van der Waals surface area (Å²) in [6.07, 6.45) is 2.00. The van der Waals surface area contributed by atoms with Gasteiger partial charge < -0.3 is 9.90 Å². The highest BCUT2D eigenvalue weighted by molar-refractivity contribution is 8.09. The standard InChI is InChI=1S/C21H15NO2S2/c23-20(24)13-25-19(21-22-17-7-3-4-8-18(17)26-21)12-14-9-10-15-5-1-2-6-16(15)11-14/h1-12H,13H2,(H,23,24)/p-1/b19-12-. The van der Waals surface area contributed by atoms with E-state index in [1.54, 1.807) is 11.3 Å². The van der Waals surface area contributed by atoms with Gasteiger partial charge >= 0.3 is 0 Å². The van der Waals surface area contributed by atoms with Gasteiger partial charge in [-0.1, -0.05) is 48.5 Å². The van der Waals surface area contributed by atoms with Gasteiger partial charge in [-0.2, -0.15) is 0 Å². The molecule has 4 rings (SSSR count). The lowest BCUT2D eigenvalue weighted by Crippen LogP contribution is -2.24. The Bertz CT molecular complexity index is 1100. The SMILES string of the molecule is O=C([O-])CS/C(=C\c1ccc2ccccc2c1)c1nc2ccccc2s1. The zero-order valence-corrected chi connectivity index (χ0v) is 15.3. The zero-order chi connectivity index (χ0) is 17.9. The van der Waals surface area contributed by atoms with Crippen molar-refractivity contribution in [3.8, 4) is 0 Å². The summed E-state index contributed by atoms with van der Waals surface area (Å²) in [5.74, 6) is -1.18. The molecule has 0 aliphatic carbocycles. The zero-order valence-electron chi connectivity index (χ0n) is 13.7. The molecule has 0 saturated carbocycles. The van der Waals surface area contributed by atoms with E-state index in [1.165, 1.54) is 17.1 Å². The van der Waals surface area contributed by atoms with Crippen LogP contribution in [0.1, 0.15) is 10.6 Å². The van der Waals surface area contributed by atoms with Gasteiger partial charge in [-0.25, -0.2) is 4.98 Å². The molecule has 0 saturated heterocycles. The predicted molar refractivity (Wildman–Crippen MR) is 109 cm³/mol. The van der Waals surface area contributed by atoms with Crippen molar-refractivity contribution >= 4 is 61.0 Å². The second-order valence-corrected chi connectivity index (χ2v) is 7.81. The maximum absolute atomic E-state index is 11.0. The highest BCUT2D eigenvalue weighted by Crippen LogP contribution is 2.35. The summed E-state index contributed by atoms with van der Waals surface area (Å²) in [5, 5.41) is 14.1. The van der Waals surface area contributed by atoms with Gasteiger partial charge in [0.2, 0.25) is 0 Å². The molecule has 0 radical (unpaired) electrons. The van der Waals surface area contributed by atoms with Crippen molar-refractivity contribution < 1.29 is 9.90 Å². The molecule has 0 fully saturated rings. The van der Waals surface area contributed by atoms with E-state index in [0.717, 1.165) is 31.1 Å². The van der Waals surface area contributed by atoms with Gasteiger partial charge in [0, 0.05) is 10.7 Å². The van der Waals surface area contributed by atoms with E-state index in [4.69, 9.17) is 0 Å². The second kappa shape index (κ2) is 7.32. The molecule has 5 heteroatoms. The lowest BCUT2D eigenvalue weighted by Gasteiger charge is -2.06. The van der Waals surface area contributed by atoms with E-state index >= 15 is 0 Å². The second-order valence-electron chi connectivity index (χ2n) is 5.76. The summed E-state index contributed by atoms with van der Waals surface area (Å²) in [6.45, 7) is 0. The number of fused-ring (bicyclic) bond motifs is 2. The lowest BCUT2D eigenvalue weighted by atomic mass is 10.1. The van der Waals surface area contributed by atoms with Crippen LogP contribution >= 0.6 is 23.1 Å². The maximum Gasteiger partial charge on any atom is 0.131 e. The maximum atomic E-state index is 11.0. The number of nitrogens with zero attached hydrogens (tertiary/aromatic N) is 1. The van der Waals surface area contributed by atoms with E-state index in [2.05, 4.69) is 29.2 Å². The van der Waals surface area contributed by atoms with Gasteiger partial charge in [0.15, 0.2) is 0 Å². The van der Waals surface area contributed by atoms with Gasteiger partial charge in [0.05, 0.1) is 16.2 Å². The fourth-order valence-corrected chi connectivity index (χ4v) is 4.57. The minimum absolute atomic E-state index is 0.102. The van der Waals surface area contributed by atoms with Crippen LogP contribution in [0.2, 0.25) is 0 Å². The van der Waals surface area contributed by atoms with E-state index < -0.39 is 5.97 Å². The van der Waals surface area contributed by atoms with Gasteiger partial charge in [0.25, 0.3) is 0 Å². The number of carboxylic acid groups (broad SMARTS) is 1. The third-order valence-corrected chi connectivity index (χ3v) is 6.12. The van der Waals surface area contributed by atoms with E-state index in [0.29, 0.717) is 0 Å². The summed E-state index contributed by atoms with van der Waals surface area (Å²) in [7, 11) is 0. The van der Waals surface area contributed by atoms with Crippen LogP contribution in [0.15, 0.2) is 66.7 Å². The third-order valence-electron chi connectivity index (χ3n) is 3.92. The van der Waals surface area contributed by atoms with E-state index in [-0.39, 0.29) is 5.75 Å². The molecule has 0 N–H and O–H groups in total. The number of aliphatic carboxylic acids is 1. The number of rotatable bonds is 5. The number of benzene rings is 3. The number of carbonyl (C=O) groups excluding carboxylic acids is 1. The van der Waals surface area contributed by atoms with Crippen LogP contribution in [-0.4, -0.2) is 16.7 Å². The van der Waals surface area contributed by atoms with Gasteiger partial charge in [-0.15, -0.1) is 23.1 Å². The lowest BCUT2D eigenvalue weighted by molar-refractivity contribution is -0.301. The van der Waals surface area contributed by atoms with Crippen molar-refractivity contribution in [2.75, 3.05) is 5.75 Å². The first kappa shape index (κ1) is 16.8. The van der Waals surface area contributed by atoms with Crippen molar-refractivity contribution in [1.82, 2.24) is 4.98 Å². The number of carboxylic acids is 1. The van der Waals surface area contributed by atoms with Crippen molar-refractivity contribution in [3.63, 3.8) is 0 Å². The average molecular weight is 376 g/mol. The summed E-state index contributed by atoms with van der Waals surface area (Å²) in [4.78, 5) is 16.5. The fraction of sp³-hybridized carbons (Fsp3) is 0.0476. The molecule has 0 spiro atoms. The quantitative estimate of drug-likeness (QED) is 0.517. The molecule has 26 heavy (non-hydrogen) atoms. The Hall–Kier alpha value is -2.63. The normalized spacial score (nSPS) is 11.9. The Morgan fingerprint density at radius 1 is 1.04 bits per heavy atom. The minimum atomic E-state index is -1.08. The highest BCUT2D eigenvalue weighted by atomic mass is 32.2. The molecule has 0 amide bonds. The summed E-state index contributed by atoms with van der Waals surface area (Å²) in [5.41, 5.74) is 1.94. The van der Waals surface area contributed by atoms with Crippen molar-refractivity contribution in [1.29, 1.82) is 0 Å². The first-order chi connectivity index (χ1) is 12.7. The molecule has 4 aromatic rings. The molecule has 3 aromatic carbocycles. The molecule has 3 nitrogen and oxygen atoms in total.